The number of benzene rings is 1. The number of anilines is 2. The predicted molar refractivity (Wildman–Crippen MR) is 60.5 cm³/mol. The van der Waals surface area contributed by atoms with Gasteiger partial charge in [0.05, 0.1) is 11.3 Å². The average Bonchev–Trinajstić information content (AvgIpc) is 2.16. The van der Waals surface area contributed by atoms with Gasteiger partial charge < -0.3 is 21.1 Å². The molecule has 0 fully saturated rings. The van der Waals surface area contributed by atoms with Crippen molar-refractivity contribution in [2.24, 2.45) is 0 Å². The molecule has 0 aliphatic carbocycles. The first-order chi connectivity index (χ1) is 7.41. The molecule has 0 unspecified atom stereocenters. The number of carboxylic acid groups (broad SMARTS) is 1. The molecule has 0 heterocycles. The third-order valence-corrected chi connectivity index (χ3v) is 1.92. The van der Waals surface area contributed by atoms with Crippen molar-refractivity contribution in [3.8, 4) is 0 Å². The van der Waals surface area contributed by atoms with Gasteiger partial charge in [-0.1, -0.05) is 0 Å². The topological polar surface area (TPSA) is 95.7 Å². The zero-order valence-electron chi connectivity index (χ0n) is 9.02. The number of carboxylic acids is 1. The summed E-state index contributed by atoms with van der Waals surface area (Å²) < 4.78 is 0. The lowest BCUT2D eigenvalue weighted by Crippen LogP contribution is -2.28. The molecule has 0 spiro atoms. The number of carbonyl (C=O) groups is 2. The third kappa shape index (κ3) is 2.63. The second-order valence-electron chi connectivity index (χ2n) is 3.43. The van der Waals surface area contributed by atoms with Crippen molar-refractivity contribution in [2.45, 2.75) is 0 Å². The molecule has 0 radical (unpaired) electrons. The number of carbonyl (C=O) groups excluding carboxylic acids is 1. The van der Waals surface area contributed by atoms with Crippen LogP contribution in [-0.4, -0.2) is 36.1 Å². The molecule has 0 atom stereocenters. The highest BCUT2D eigenvalue weighted by molar-refractivity contribution is 6.00. The van der Waals surface area contributed by atoms with Gasteiger partial charge in [-0.2, -0.15) is 0 Å². The van der Waals surface area contributed by atoms with E-state index >= 15 is 0 Å². The molecule has 0 bridgehead atoms. The minimum absolute atomic E-state index is 0.00407. The van der Waals surface area contributed by atoms with Crippen LogP contribution >= 0.6 is 0 Å². The van der Waals surface area contributed by atoms with Gasteiger partial charge in [0.1, 0.15) is 0 Å². The molecule has 0 saturated carbocycles. The average molecular weight is 223 g/mol. The smallest absolute Gasteiger partial charge is 0.337 e. The summed E-state index contributed by atoms with van der Waals surface area (Å²) in [5.74, 6) is -1.12. The van der Waals surface area contributed by atoms with Crippen LogP contribution in [0.25, 0.3) is 0 Å². The van der Waals surface area contributed by atoms with E-state index in [1.807, 2.05) is 0 Å². The van der Waals surface area contributed by atoms with E-state index in [9.17, 15) is 9.59 Å². The second kappa shape index (κ2) is 4.52. The first kappa shape index (κ1) is 11.8. The molecule has 0 aliphatic heterocycles. The number of nitrogen functional groups attached to an aromatic ring is 1. The van der Waals surface area contributed by atoms with E-state index in [4.69, 9.17) is 10.8 Å². The second-order valence-corrected chi connectivity index (χ2v) is 3.43. The Labute approximate surface area is 92.7 Å². The summed E-state index contributed by atoms with van der Waals surface area (Å²) in [5, 5.41) is 11.4. The molecule has 1 aromatic carbocycles. The van der Waals surface area contributed by atoms with Gasteiger partial charge in [-0.3, -0.25) is 0 Å². The molecule has 6 nitrogen and oxygen atoms in total. The maximum absolute atomic E-state index is 11.4. The summed E-state index contributed by atoms with van der Waals surface area (Å²) in [6, 6.07) is 3.82. The van der Waals surface area contributed by atoms with Crippen LogP contribution in [0.3, 0.4) is 0 Å². The number of amides is 2. The molecule has 16 heavy (non-hydrogen) atoms. The van der Waals surface area contributed by atoms with Crippen molar-refractivity contribution in [2.75, 3.05) is 25.1 Å². The van der Waals surface area contributed by atoms with E-state index in [-0.39, 0.29) is 11.3 Å². The van der Waals surface area contributed by atoms with Crippen molar-refractivity contribution < 1.29 is 14.7 Å². The maximum atomic E-state index is 11.4. The van der Waals surface area contributed by atoms with Crippen LogP contribution in [0.5, 0.6) is 0 Å². The zero-order chi connectivity index (χ0) is 12.3. The molecule has 86 valence electrons. The summed E-state index contributed by atoms with van der Waals surface area (Å²) in [4.78, 5) is 23.6. The number of urea groups is 1. The summed E-state index contributed by atoms with van der Waals surface area (Å²) in [7, 11) is 3.12. The van der Waals surface area contributed by atoms with E-state index in [0.717, 1.165) is 0 Å². The van der Waals surface area contributed by atoms with Gasteiger partial charge in [0.25, 0.3) is 0 Å². The van der Waals surface area contributed by atoms with Crippen LogP contribution in [0.4, 0.5) is 16.2 Å². The third-order valence-electron chi connectivity index (χ3n) is 1.92. The fourth-order valence-electron chi connectivity index (χ4n) is 1.08. The van der Waals surface area contributed by atoms with Crippen molar-refractivity contribution in [3.05, 3.63) is 23.8 Å². The van der Waals surface area contributed by atoms with Crippen LogP contribution in [0.1, 0.15) is 10.4 Å². The molecule has 1 aromatic rings. The molecule has 6 heteroatoms. The summed E-state index contributed by atoms with van der Waals surface area (Å²) >= 11 is 0. The van der Waals surface area contributed by atoms with Gasteiger partial charge >= 0.3 is 12.0 Å². The van der Waals surface area contributed by atoms with Gasteiger partial charge in [0.15, 0.2) is 0 Å². The Morgan fingerprint density at radius 1 is 1.38 bits per heavy atom. The number of hydrogen-bond acceptors (Lipinski definition) is 3. The van der Waals surface area contributed by atoms with Crippen LogP contribution in [0.2, 0.25) is 0 Å². The molecular formula is C10H13N3O3. The van der Waals surface area contributed by atoms with Crippen molar-refractivity contribution in [1.29, 1.82) is 0 Å². The highest BCUT2D eigenvalue weighted by atomic mass is 16.4. The lowest BCUT2D eigenvalue weighted by molar-refractivity contribution is 0.0698. The highest BCUT2D eigenvalue weighted by Gasteiger charge is 2.13. The standard InChI is InChI=1S/C10H13N3O3/c1-13(2)10(16)12-8-5-6(11)3-4-7(8)9(14)15/h3-5H,11H2,1-2H3,(H,12,16)(H,14,15). The first-order valence-corrected chi connectivity index (χ1v) is 4.53. The Morgan fingerprint density at radius 2 is 2.00 bits per heavy atom. The van der Waals surface area contributed by atoms with E-state index in [1.165, 1.54) is 23.1 Å². The fraction of sp³-hybridized carbons (Fsp3) is 0.200. The molecule has 0 saturated heterocycles. The molecule has 4 N–H and O–H groups in total. The zero-order valence-corrected chi connectivity index (χ0v) is 9.02. The number of hydrogen-bond donors (Lipinski definition) is 3. The van der Waals surface area contributed by atoms with Gasteiger partial charge in [-0.05, 0) is 18.2 Å². The van der Waals surface area contributed by atoms with Crippen molar-refractivity contribution in [1.82, 2.24) is 4.90 Å². The maximum Gasteiger partial charge on any atom is 0.337 e. The molecule has 2 amide bonds. The van der Waals surface area contributed by atoms with Gasteiger partial charge in [0, 0.05) is 19.8 Å². The number of nitrogens with zero attached hydrogens (tertiary/aromatic N) is 1. The van der Waals surface area contributed by atoms with E-state index in [2.05, 4.69) is 5.32 Å². The van der Waals surface area contributed by atoms with Crippen molar-refractivity contribution >= 4 is 23.4 Å². The van der Waals surface area contributed by atoms with E-state index < -0.39 is 12.0 Å². The predicted octanol–water partition coefficient (Wildman–Crippen LogP) is 1.06. The molecule has 0 aliphatic rings. The van der Waals surface area contributed by atoms with Crippen molar-refractivity contribution in [3.63, 3.8) is 0 Å². The number of nitrogens with two attached hydrogens (primary N) is 1. The largest absolute Gasteiger partial charge is 0.478 e. The highest BCUT2D eigenvalue weighted by Crippen LogP contribution is 2.19. The summed E-state index contributed by atoms with van der Waals surface area (Å²) in [5.41, 5.74) is 6.10. The van der Waals surface area contributed by atoms with E-state index in [1.54, 1.807) is 14.1 Å². The number of nitrogens with one attached hydrogen (secondary N) is 1. The van der Waals surface area contributed by atoms with Crippen LogP contribution in [0, 0.1) is 0 Å². The Morgan fingerprint density at radius 3 is 2.50 bits per heavy atom. The van der Waals surface area contributed by atoms with Gasteiger partial charge in [0.2, 0.25) is 0 Å². The lowest BCUT2D eigenvalue weighted by atomic mass is 10.1. The number of rotatable bonds is 2. The van der Waals surface area contributed by atoms with Gasteiger partial charge in [-0.25, -0.2) is 9.59 Å². The Kier molecular flexibility index (Phi) is 3.34. The lowest BCUT2D eigenvalue weighted by Gasteiger charge is -2.13. The minimum atomic E-state index is -1.12. The molecular weight excluding hydrogens is 210 g/mol. The van der Waals surface area contributed by atoms with Crippen LogP contribution in [0.15, 0.2) is 18.2 Å². The monoisotopic (exact) mass is 223 g/mol. The Bertz CT molecular complexity index is 429. The Balaban J connectivity index is 3.06. The normalized spacial score (nSPS) is 9.62. The minimum Gasteiger partial charge on any atom is -0.478 e. The summed E-state index contributed by atoms with van der Waals surface area (Å²) in [6.07, 6.45) is 0. The molecule has 0 aromatic heterocycles. The van der Waals surface area contributed by atoms with Gasteiger partial charge in [-0.15, -0.1) is 0 Å². The quantitative estimate of drug-likeness (QED) is 0.653. The Hall–Kier alpha value is -2.24. The number of aromatic carboxylic acids is 1. The van der Waals surface area contributed by atoms with E-state index in [0.29, 0.717) is 5.69 Å². The molecule has 1 rings (SSSR count). The first-order valence-electron chi connectivity index (χ1n) is 4.53. The fourth-order valence-corrected chi connectivity index (χ4v) is 1.08. The summed E-state index contributed by atoms with van der Waals surface area (Å²) in [6.45, 7) is 0. The van der Waals surface area contributed by atoms with Crippen LogP contribution < -0.4 is 11.1 Å². The van der Waals surface area contributed by atoms with Crippen LogP contribution in [-0.2, 0) is 0 Å². The SMILES string of the molecule is CN(C)C(=O)Nc1cc(N)ccc1C(=O)O.